The highest BCUT2D eigenvalue weighted by atomic mass is 16.5. The minimum atomic E-state index is 0.180. The first kappa shape index (κ1) is 11.5. The van der Waals surface area contributed by atoms with Crippen molar-refractivity contribution >= 4 is 5.91 Å². The standard InChI is InChI=1S/C10H20N2O2/c1-2-6-14-7-5-11-8-9-3-4-10(13)12-9/h9,11H,2-8H2,1H3,(H,12,13). The molecule has 0 bridgehead atoms. The van der Waals surface area contributed by atoms with Crippen molar-refractivity contribution in [1.82, 2.24) is 10.6 Å². The Morgan fingerprint density at radius 3 is 3.07 bits per heavy atom. The lowest BCUT2D eigenvalue weighted by atomic mass is 10.2. The number of ether oxygens (including phenoxy) is 1. The molecule has 1 unspecified atom stereocenters. The summed E-state index contributed by atoms with van der Waals surface area (Å²) < 4.78 is 5.32. The van der Waals surface area contributed by atoms with E-state index in [0.29, 0.717) is 12.5 Å². The summed E-state index contributed by atoms with van der Waals surface area (Å²) in [4.78, 5) is 10.9. The van der Waals surface area contributed by atoms with Gasteiger partial charge in [0, 0.05) is 32.2 Å². The number of hydrogen-bond donors (Lipinski definition) is 2. The molecule has 4 nitrogen and oxygen atoms in total. The molecule has 1 aliphatic rings. The Labute approximate surface area is 85.4 Å². The van der Waals surface area contributed by atoms with Crippen LogP contribution in [0.25, 0.3) is 0 Å². The molecule has 0 aromatic carbocycles. The molecule has 1 amide bonds. The van der Waals surface area contributed by atoms with Crippen molar-refractivity contribution in [3.63, 3.8) is 0 Å². The summed E-state index contributed by atoms with van der Waals surface area (Å²) in [5.74, 6) is 0.180. The zero-order valence-corrected chi connectivity index (χ0v) is 8.84. The third-order valence-corrected chi connectivity index (χ3v) is 2.25. The van der Waals surface area contributed by atoms with Crippen LogP contribution in [0.5, 0.6) is 0 Å². The van der Waals surface area contributed by atoms with E-state index in [1.54, 1.807) is 0 Å². The van der Waals surface area contributed by atoms with Gasteiger partial charge in [-0.15, -0.1) is 0 Å². The quantitative estimate of drug-likeness (QED) is 0.580. The van der Waals surface area contributed by atoms with Gasteiger partial charge in [0.1, 0.15) is 0 Å². The maximum atomic E-state index is 10.9. The van der Waals surface area contributed by atoms with Crippen molar-refractivity contribution in [2.45, 2.75) is 32.2 Å². The largest absolute Gasteiger partial charge is 0.380 e. The van der Waals surface area contributed by atoms with Gasteiger partial charge in [-0.2, -0.15) is 0 Å². The molecule has 1 atom stereocenters. The first-order valence-electron chi connectivity index (χ1n) is 5.40. The Balaban J connectivity index is 1.86. The zero-order valence-electron chi connectivity index (χ0n) is 8.84. The van der Waals surface area contributed by atoms with Crippen LogP contribution in [0, 0.1) is 0 Å². The zero-order chi connectivity index (χ0) is 10.2. The molecule has 0 aromatic heterocycles. The predicted octanol–water partition coefficient (Wildman–Crippen LogP) is 0.281. The molecule has 1 rings (SSSR count). The summed E-state index contributed by atoms with van der Waals surface area (Å²) >= 11 is 0. The molecule has 0 radical (unpaired) electrons. The number of hydrogen-bond acceptors (Lipinski definition) is 3. The summed E-state index contributed by atoms with van der Waals surface area (Å²) in [5.41, 5.74) is 0. The average molecular weight is 200 g/mol. The predicted molar refractivity (Wildman–Crippen MR) is 55.1 cm³/mol. The van der Waals surface area contributed by atoms with Gasteiger partial charge in [-0.3, -0.25) is 4.79 Å². The molecule has 1 saturated heterocycles. The number of carbonyl (C=O) groups excluding carboxylic acids is 1. The monoisotopic (exact) mass is 200 g/mol. The molecule has 2 N–H and O–H groups in total. The molecule has 1 heterocycles. The lowest BCUT2D eigenvalue weighted by Gasteiger charge is -2.10. The van der Waals surface area contributed by atoms with Gasteiger partial charge in [0.15, 0.2) is 0 Å². The smallest absolute Gasteiger partial charge is 0.220 e. The normalized spacial score (nSPS) is 21.2. The van der Waals surface area contributed by atoms with E-state index in [0.717, 1.165) is 39.1 Å². The van der Waals surface area contributed by atoms with Crippen molar-refractivity contribution in [2.75, 3.05) is 26.3 Å². The molecule has 0 saturated carbocycles. The minimum absolute atomic E-state index is 0.180. The topological polar surface area (TPSA) is 50.4 Å². The Morgan fingerprint density at radius 2 is 2.43 bits per heavy atom. The third-order valence-electron chi connectivity index (χ3n) is 2.25. The number of rotatable bonds is 7. The van der Waals surface area contributed by atoms with Gasteiger partial charge < -0.3 is 15.4 Å². The summed E-state index contributed by atoms with van der Waals surface area (Å²) in [6, 6.07) is 0.327. The minimum Gasteiger partial charge on any atom is -0.380 e. The van der Waals surface area contributed by atoms with Crippen molar-refractivity contribution < 1.29 is 9.53 Å². The van der Waals surface area contributed by atoms with E-state index in [9.17, 15) is 4.79 Å². The van der Waals surface area contributed by atoms with Gasteiger partial charge in [0.2, 0.25) is 5.91 Å². The Bertz CT molecular complexity index is 174. The van der Waals surface area contributed by atoms with E-state index in [2.05, 4.69) is 17.6 Å². The van der Waals surface area contributed by atoms with E-state index in [1.807, 2.05) is 0 Å². The van der Waals surface area contributed by atoms with E-state index >= 15 is 0 Å². The van der Waals surface area contributed by atoms with Gasteiger partial charge in [-0.1, -0.05) is 6.92 Å². The molecule has 1 aliphatic heterocycles. The third kappa shape index (κ3) is 4.58. The summed E-state index contributed by atoms with van der Waals surface area (Å²) in [7, 11) is 0. The summed E-state index contributed by atoms with van der Waals surface area (Å²) in [6.07, 6.45) is 2.71. The molecular weight excluding hydrogens is 180 g/mol. The highest BCUT2D eigenvalue weighted by Crippen LogP contribution is 2.04. The van der Waals surface area contributed by atoms with Crippen molar-refractivity contribution in [3.8, 4) is 0 Å². The van der Waals surface area contributed by atoms with E-state index in [-0.39, 0.29) is 5.91 Å². The Morgan fingerprint density at radius 1 is 1.57 bits per heavy atom. The van der Waals surface area contributed by atoms with Crippen LogP contribution in [0.1, 0.15) is 26.2 Å². The fraction of sp³-hybridized carbons (Fsp3) is 0.900. The fourth-order valence-electron chi connectivity index (χ4n) is 1.50. The van der Waals surface area contributed by atoms with Gasteiger partial charge in [-0.25, -0.2) is 0 Å². The van der Waals surface area contributed by atoms with Crippen LogP contribution in [0.4, 0.5) is 0 Å². The number of nitrogens with one attached hydrogen (secondary N) is 2. The second-order valence-electron chi connectivity index (χ2n) is 3.62. The maximum absolute atomic E-state index is 10.9. The van der Waals surface area contributed by atoms with Crippen LogP contribution >= 0.6 is 0 Å². The van der Waals surface area contributed by atoms with Crippen LogP contribution in [0.2, 0.25) is 0 Å². The number of carbonyl (C=O) groups is 1. The van der Waals surface area contributed by atoms with Gasteiger partial charge in [0.25, 0.3) is 0 Å². The van der Waals surface area contributed by atoms with Crippen molar-refractivity contribution in [3.05, 3.63) is 0 Å². The molecule has 0 aliphatic carbocycles. The van der Waals surface area contributed by atoms with Crippen LogP contribution in [0.15, 0.2) is 0 Å². The van der Waals surface area contributed by atoms with E-state index in [4.69, 9.17) is 4.74 Å². The van der Waals surface area contributed by atoms with Gasteiger partial charge in [0.05, 0.1) is 6.61 Å². The molecule has 0 spiro atoms. The van der Waals surface area contributed by atoms with E-state index < -0.39 is 0 Å². The van der Waals surface area contributed by atoms with Crippen LogP contribution in [-0.2, 0) is 9.53 Å². The lowest BCUT2D eigenvalue weighted by molar-refractivity contribution is -0.119. The second kappa shape index (κ2) is 6.79. The molecule has 0 aromatic rings. The van der Waals surface area contributed by atoms with Crippen LogP contribution in [-0.4, -0.2) is 38.3 Å². The maximum Gasteiger partial charge on any atom is 0.220 e. The number of amides is 1. The summed E-state index contributed by atoms with van der Waals surface area (Å²) in [5, 5.41) is 6.18. The van der Waals surface area contributed by atoms with Crippen LogP contribution < -0.4 is 10.6 Å². The Kier molecular flexibility index (Phi) is 5.56. The molecule has 4 heteroatoms. The second-order valence-corrected chi connectivity index (χ2v) is 3.62. The first-order chi connectivity index (χ1) is 6.83. The molecule has 82 valence electrons. The van der Waals surface area contributed by atoms with Crippen molar-refractivity contribution in [2.24, 2.45) is 0 Å². The van der Waals surface area contributed by atoms with Gasteiger partial charge >= 0.3 is 0 Å². The summed E-state index contributed by atoms with van der Waals surface area (Å²) in [6.45, 7) is 5.42. The molecule has 14 heavy (non-hydrogen) atoms. The lowest BCUT2D eigenvalue weighted by Crippen LogP contribution is -2.36. The van der Waals surface area contributed by atoms with Crippen molar-refractivity contribution in [1.29, 1.82) is 0 Å². The average Bonchev–Trinajstić information content (AvgIpc) is 2.58. The molecular formula is C10H20N2O2. The van der Waals surface area contributed by atoms with Gasteiger partial charge in [-0.05, 0) is 12.8 Å². The Hall–Kier alpha value is -0.610. The SMILES string of the molecule is CCCOCCNCC1CCC(=O)N1. The van der Waals surface area contributed by atoms with E-state index in [1.165, 1.54) is 0 Å². The molecule has 1 fully saturated rings. The first-order valence-corrected chi connectivity index (χ1v) is 5.40. The highest BCUT2D eigenvalue weighted by Gasteiger charge is 2.19. The fourth-order valence-corrected chi connectivity index (χ4v) is 1.50. The van der Waals surface area contributed by atoms with Crippen LogP contribution in [0.3, 0.4) is 0 Å². The highest BCUT2D eigenvalue weighted by molar-refractivity contribution is 5.78.